The predicted molar refractivity (Wildman–Crippen MR) is 74.3 cm³/mol. The van der Waals surface area contributed by atoms with E-state index in [4.69, 9.17) is 14.2 Å². The first-order valence-corrected chi connectivity index (χ1v) is 6.71. The van der Waals surface area contributed by atoms with Crippen molar-refractivity contribution in [3.8, 4) is 6.07 Å². The molecule has 0 aliphatic rings. The number of hydrogen-bond acceptors (Lipinski definition) is 3. The van der Waals surface area contributed by atoms with E-state index >= 15 is 0 Å². The molecule has 0 saturated carbocycles. The highest BCUT2D eigenvalue weighted by Gasteiger charge is 2.11. The molecule has 0 aromatic rings. The summed E-state index contributed by atoms with van der Waals surface area (Å²) < 4.78 is 16.1. The second-order valence-corrected chi connectivity index (χ2v) is 4.73. The quantitative estimate of drug-likeness (QED) is 0.596. The predicted octanol–water partition coefficient (Wildman–Crippen LogP) is 2.96. The SMILES string of the molecule is COCC(C)OC(C)C[N+]#CCCCOC(C)C. The van der Waals surface area contributed by atoms with Gasteiger partial charge in [-0.2, -0.15) is 0 Å². The van der Waals surface area contributed by atoms with E-state index in [1.54, 1.807) is 7.11 Å². The van der Waals surface area contributed by atoms with E-state index in [1.807, 2.05) is 27.7 Å². The maximum atomic E-state index is 5.67. The van der Waals surface area contributed by atoms with Crippen LogP contribution in [0.15, 0.2) is 0 Å². The summed E-state index contributed by atoms with van der Waals surface area (Å²) in [4.78, 5) is 4.23. The fraction of sp³-hybridized carbons (Fsp3) is 0.929. The summed E-state index contributed by atoms with van der Waals surface area (Å²) in [7, 11) is 1.68. The van der Waals surface area contributed by atoms with Crippen LogP contribution in [0.25, 0.3) is 4.85 Å². The molecule has 0 aliphatic carbocycles. The lowest BCUT2D eigenvalue weighted by molar-refractivity contribution is -0.0243. The van der Waals surface area contributed by atoms with Crippen LogP contribution in [-0.4, -0.2) is 45.2 Å². The van der Waals surface area contributed by atoms with Crippen LogP contribution in [-0.2, 0) is 14.2 Å². The Morgan fingerprint density at radius 1 is 1.11 bits per heavy atom. The van der Waals surface area contributed by atoms with Crippen LogP contribution in [0.1, 0.15) is 40.5 Å². The van der Waals surface area contributed by atoms with E-state index in [-0.39, 0.29) is 12.2 Å². The summed E-state index contributed by atoms with van der Waals surface area (Å²) in [5.74, 6) is 0. The van der Waals surface area contributed by atoms with Gasteiger partial charge < -0.3 is 14.2 Å². The molecule has 18 heavy (non-hydrogen) atoms. The molecule has 0 rings (SSSR count). The zero-order valence-electron chi connectivity index (χ0n) is 12.4. The van der Waals surface area contributed by atoms with Gasteiger partial charge in [0.15, 0.2) is 0 Å². The van der Waals surface area contributed by atoms with Gasteiger partial charge in [-0.05, 0) is 34.1 Å². The molecule has 0 spiro atoms. The molecule has 0 heterocycles. The molecule has 0 saturated heterocycles. The maximum Gasteiger partial charge on any atom is 0.288 e. The summed E-state index contributed by atoms with van der Waals surface area (Å²) in [6.45, 7) is 10.1. The van der Waals surface area contributed by atoms with Crippen molar-refractivity contribution in [2.45, 2.75) is 58.8 Å². The van der Waals surface area contributed by atoms with Crippen molar-refractivity contribution in [1.82, 2.24) is 0 Å². The third kappa shape index (κ3) is 11.8. The summed E-state index contributed by atoms with van der Waals surface area (Å²) in [5, 5.41) is 0. The Bertz CT molecular complexity index is 245. The lowest BCUT2D eigenvalue weighted by Crippen LogP contribution is -2.22. The number of nitrogens with zero attached hydrogens (tertiary/aromatic N) is 1. The van der Waals surface area contributed by atoms with Crippen molar-refractivity contribution >= 4 is 0 Å². The molecular weight excluding hydrogens is 230 g/mol. The molecule has 0 N–H and O–H groups in total. The second-order valence-electron chi connectivity index (χ2n) is 4.73. The third-order valence-corrected chi connectivity index (χ3v) is 2.21. The van der Waals surface area contributed by atoms with Crippen LogP contribution in [0.5, 0.6) is 0 Å². The second kappa shape index (κ2) is 11.5. The normalized spacial score (nSPS) is 14.1. The molecule has 0 aromatic heterocycles. The van der Waals surface area contributed by atoms with Gasteiger partial charge in [0, 0.05) is 13.7 Å². The van der Waals surface area contributed by atoms with Crippen LogP contribution in [0, 0.1) is 6.07 Å². The minimum Gasteiger partial charge on any atom is -0.382 e. The fourth-order valence-electron chi connectivity index (χ4n) is 1.46. The highest BCUT2D eigenvalue weighted by molar-refractivity contribution is 4.87. The Labute approximate surface area is 111 Å². The molecule has 0 bridgehead atoms. The zero-order valence-corrected chi connectivity index (χ0v) is 12.4. The number of methoxy groups -OCH3 is 1. The topological polar surface area (TPSA) is 32.0 Å². The van der Waals surface area contributed by atoms with Gasteiger partial charge in [-0.1, -0.05) is 4.85 Å². The first-order valence-electron chi connectivity index (χ1n) is 6.71. The van der Waals surface area contributed by atoms with Crippen LogP contribution in [0.4, 0.5) is 0 Å². The Kier molecular flexibility index (Phi) is 11.1. The maximum absolute atomic E-state index is 5.67. The average Bonchev–Trinajstić information content (AvgIpc) is 2.27. The van der Waals surface area contributed by atoms with E-state index in [9.17, 15) is 0 Å². The molecule has 2 unspecified atom stereocenters. The van der Waals surface area contributed by atoms with Gasteiger partial charge in [-0.3, -0.25) is 0 Å². The molecular formula is C14H28NO3+. The van der Waals surface area contributed by atoms with E-state index in [2.05, 4.69) is 10.9 Å². The van der Waals surface area contributed by atoms with Crippen molar-refractivity contribution in [2.75, 3.05) is 26.9 Å². The Morgan fingerprint density at radius 3 is 2.44 bits per heavy atom. The lowest BCUT2D eigenvalue weighted by Gasteiger charge is -2.13. The minimum atomic E-state index is 0.106. The number of ether oxygens (including phenoxy) is 3. The van der Waals surface area contributed by atoms with E-state index in [1.165, 1.54) is 0 Å². The van der Waals surface area contributed by atoms with Crippen molar-refractivity contribution in [3.63, 3.8) is 0 Å². The minimum absolute atomic E-state index is 0.106. The van der Waals surface area contributed by atoms with Gasteiger partial charge in [0.25, 0.3) is 12.6 Å². The van der Waals surface area contributed by atoms with E-state index in [0.717, 1.165) is 19.4 Å². The van der Waals surface area contributed by atoms with Gasteiger partial charge in [0.05, 0.1) is 25.2 Å². The Morgan fingerprint density at radius 2 is 1.83 bits per heavy atom. The largest absolute Gasteiger partial charge is 0.382 e. The molecule has 0 radical (unpaired) electrons. The summed E-state index contributed by atoms with van der Waals surface area (Å²) in [6, 6.07) is 3.03. The first kappa shape index (κ1) is 17.4. The Hall–Kier alpha value is -0.630. The monoisotopic (exact) mass is 258 g/mol. The molecule has 2 atom stereocenters. The van der Waals surface area contributed by atoms with Crippen LogP contribution < -0.4 is 0 Å². The van der Waals surface area contributed by atoms with Crippen molar-refractivity contribution in [1.29, 1.82) is 0 Å². The van der Waals surface area contributed by atoms with Gasteiger partial charge in [-0.25, -0.2) is 0 Å². The van der Waals surface area contributed by atoms with E-state index in [0.29, 0.717) is 19.3 Å². The van der Waals surface area contributed by atoms with Crippen LogP contribution in [0.2, 0.25) is 0 Å². The molecule has 4 nitrogen and oxygen atoms in total. The van der Waals surface area contributed by atoms with Gasteiger partial charge >= 0.3 is 0 Å². The zero-order chi connectivity index (χ0) is 13.8. The molecule has 106 valence electrons. The van der Waals surface area contributed by atoms with Crippen LogP contribution in [0.3, 0.4) is 0 Å². The molecule has 0 amide bonds. The van der Waals surface area contributed by atoms with Gasteiger partial charge in [-0.15, -0.1) is 0 Å². The van der Waals surface area contributed by atoms with Gasteiger partial charge in [0.1, 0.15) is 6.10 Å². The fourth-order valence-corrected chi connectivity index (χ4v) is 1.46. The number of unbranched alkanes of at least 4 members (excludes halogenated alkanes) is 1. The summed E-state index contributed by atoms with van der Waals surface area (Å²) in [6.07, 6.45) is 2.33. The smallest absolute Gasteiger partial charge is 0.288 e. The average molecular weight is 258 g/mol. The highest BCUT2D eigenvalue weighted by atomic mass is 16.5. The van der Waals surface area contributed by atoms with E-state index < -0.39 is 0 Å². The summed E-state index contributed by atoms with van der Waals surface area (Å²) in [5.41, 5.74) is 0. The molecule has 0 aromatic carbocycles. The highest BCUT2D eigenvalue weighted by Crippen LogP contribution is 1.99. The number of rotatable bonds is 9. The lowest BCUT2D eigenvalue weighted by atomic mass is 10.3. The molecule has 4 heteroatoms. The van der Waals surface area contributed by atoms with Crippen molar-refractivity contribution < 1.29 is 14.2 Å². The number of hydrogen-bond donors (Lipinski definition) is 0. The Balaban J connectivity index is 3.51. The summed E-state index contributed by atoms with van der Waals surface area (Å²) >= 11 is 0. The van der Waals surface area contributed by atoms with Gasteiger partial charge in [0.2, 0.25) is 0 Å². The third-order valence-electron chi connectivity index (χ3n) is 2.21. The van der Waals surface area contributed by atoms with Crippen molar-refractivity contribution in [2.24, 2.45) is 0 Å². The molecule has 0 fully saturated rings. The van der Waals surface area contributed by atoms with Crippen LogP contribution >= 0.6 is 0 Å². The van der Waals surface area contributed by atoms with Crippen molar-refractivity contribution in [3.05, 3.63) is 4.85 Å². The standard InChI is InChI=1S/C14H28NO3/c1-12(2)17-9-7-6-8-15-10-13(3)18-14(4)11-16-5/h12-14H,6-7,9-11H2,1-5H3/q+1. The first-order chi connectivity index (χ1) is 8.56. The molecule has 0 aliphatic heterocycles.